The Hall–Kier alpha value is -2.47. The average Bonchev–Trinajstić information content (AvgIpc) is 2.91. The van der Waals surface area contributed by atoms with E-state index in [4.69, 9.17) is 4.98 Å². The first-order chi connectivity index (χ1) is 10.7. The fraction of sp³-hybridized carbons (Fsp3) is 0.312. The summed E-state index contributed by atoms with van der Waals surface area (Å²) in [5.74, 6) is 0.802. The first-order valence-corrected chi connectivity index (χ1v) is 7.44. The van der Waals surface area contributed by atoms with Gasteiger partial charge in [-0.25, -0.2) is 4.98 Å². The molecule has 22 heavy (non-hydrogen) atoms. The van der Waals surface area contributed by atoms with Crippen LogP contribution in [0.1, 0.15) is 17.4 Å². The zero-order valence-corrected chi connectivity index (χ0v) is 12.4. The quantitative estimate of drug-likeness (QED) is 0.766. The predicted molar refractivity (Wildman–Crippen MR) is 83.7 cm³/mol. The Morgan fingerprint density at radius 1 is 1.32 bits per heavy atom. The molecular weight excluding hydrogens is 278 g/mol. The second-order valence-electron chi connectivity index (χ2n) is 5.63. The molecule has 0 fully saturated rings. The summed E-state index contributed by atoms with van der Waals surface area (Å²) in [6.07, 6.45) is 2.42. The molecule has 1 N–H and O–H groups in total. The van der Waals surface area contributed by atoms with Gasteiger partial charge in [-0.2, -0.15) is 5.10 Å². The summed E-state index contributed by atoms with van der Waals surface area (Å²) in [5.41, 5.74) is 1.89. The summed E-state index contributed by atoms with van der Waals surface area (Å²) in [7, 11) is 1.81. The van der Waals surface area contributed by atoms with Gasteiger partial charge in [0.2, 0.25) is 0 Å². The SMILES string of the molecule is Cn1ncc2c(=O)n3c(nc21)C(Cc1ccccc1)NCC3. The molecule has 3 aromatic rings. The number of nitrogens with one attached hydrogen (secondary N) is 1. The summed E-state index contributed by atoms with van der Waals surface area (Å²) in [6.45, 7) is 1.43. The maximum Gasteiger partial charge on any atom is 0.264 e. The maximum absolute atomic E-state index is 12.6. The fourth-order valence-corrected chi connectivity index (χ4v) is 3.07. The van der Waals surface area contributed by atoms with E-state index in [0.29, 0.717) is 17.6 Å². The molecule has 3 heterocycles. The van der Waals surface area contributed by atoms with E-state index in [-0.39, 0.29) is 11.6 Å². The van der Waals surface area contributed by atoms with E-state index >= 15 is 0 Å². The van der Waals surface area contributed by atoms with Crippen LogP contribution in [0, 0.1) is 0 Å². The Balaban J connectivity index is 1.83. The number of hydrogen-bond donors (Lipinski definition) is 1. The van der Waals surface area contributed by atoms with Crippen molar-refractivity contribution in [3.8, 4) is 0 Å². The molecule has 2 aromatic heterocycles. The number of fused-ring (bicyclic) bond motifs is 2. The molecule has 112 valence electrons. The highest BCUT2D eigenvalue weighted by molar-refractivity contribution is 5.73. The first kappa shape index (κ1) is 13.2. The summed E-state index contributed by atoms with van der Waals surface area (Å²) < 4.78 is 3.44. The Kier molecular flexibility index (Phi) is 3.04. The third-order valence-electron chi connectivity index (χ3n) is 4.20. The van der Waals surface area contributed by atoms with Crippen molar-refractivity contribution in [1.29, 1.82) is 0 Å². The van der Waals surface area contributed by atoms with Crippen molar-refractivity contribution in [2.24, 2.45) is 7.05 Å². The van der Waals surface area contributed by atoms with Gasteiger partial charge in [0, 0.05) is 20.1 Å². The molecule has 0 bridgehead atoms. The van der Waals surface area contributed by atoms with Crippen LogP contribution in [0.15, 0.2) is 41.3 Å². The highest BCUT2D eigenvalue weighted by Gasteiger charge is 2.24. The van der Waals surface area contributed by atoms with Crippen LogP contribution < -0.4 is 10.9 Å². The third kappa shape index (κ3) is 2.03. The lowest BCUT2D eigenvalue weighted by atomic mass is 10.0. The molecular formula is C16H17N5O. The molecule has 4 rings (SSSR count). The molecule has 1 atom stereocenters. The number of nitrogens with zero attached hydrogens (tertiary/aromatic N) is 4. The third-order valence-corrected chi connectivity index (χ3v) is 4.20. The normalized spacial score (nSPS) is 17.6. The minimum atomic E-state index is 0.00709. The van der Waals surface area contributed by atoms with Gasteiger partial charge in [-0.05, 0) is 12.0 Å². The van der Waals surface area contributed by atoms with E-state index in [1.54, 1.807) is 15.4 Å². The van der Waals surface area contributed by atoms with Crippen LogP contribution in [0.4, 0.5) is 0 Å². The average molecular weight is 295 g/mol. The smallest absolute Gasteiger partial charge is 0.264 e. The van der Waals surface area contributed by atoms with E-state index in [2.05, 4.69) is 22.5 Å². The second-order valence-corrected chi connectivity index (χ2v) is 5.63. The fourth-order valence-electron chi connectivity index (χ4n) is 3.07. The monoisotopic (exact) mass is 295 g/mol. The number of hydrogen-bond acceptors (Lipinski definition) is 4. The first-order valence-electron chi connectivity index (χ1n) is 7.44. The van der Waals surface area contributed by atoms with Crippen LogP contribution in [0.2, 0.25) is 0 Å². The van der Waals surface area contributed by atoms with Crippen LogP contribution in [0.5, 0.6) is 0 Å². The predicted octanol–water partition coefficient (Wildman–Crippen LogP) is 1.02. The van der Waals surface area contributed by atoms with E-state index < -0.39 is 0 Å². The van der Waals surface area contributed by atoms with Crippen molar-refractivity contribution in [3.63, 3.8) is 0 Å². The lowest BCUT2D eigenvalue weighted by Crippen LogP contribution is -2.41. The van der Waals surface area contributed by atoms with Gasteiger partial charge >= 0.3 is 0 Å². The molecule has 0 saturated heterocycles. The molecule has 1 aliphatic heterocycles. The van der Waals surface area contributed by atoms with Crippen molar-refractivity contribution in [3.05, 3.63) is 58.3 Å². The maximum atomic E-state index is 12.6. The molecule has 1 unspecified atom stereocenters. The summed E-state index contributed by atoms with van der Waals surface area (Å²) >= 11 is 0. The van der Waals surface area contributed by atoms with Gasteiger partial charge in [0.05, 0.1) is 12.2 Å². The number of aromatic nitrogens is 4. The van der Waals surface area contributed by atoms with Gasteiger partial charge in [-0.15, -0.1) is 0 Å². The van der Waals surface area contributed by atoms with Gasteiger partial charge in [-0.3, -0.25) is 14.0 Å². The molecule has 0 aliphatic carbocycles. The van der Waals surface area contributed by atoms with Gasteiger partial charge < -0.3 is 5.32 Å². The van der Waals surface area contributed by atoms with E-state index in [9.17, 15) is 4.79 Å². The Bertz CT molecular complexity index is 881. The lowest BCUT2D eigenvalue weighted by molar-refractivity contribution is 0.399. The molecule has 6 nitrogen and oxygen atoms in total. The summed E-state index contributed by atoms with van der Waals surface area (Å²) in [5, 5.41) is 8.22. The van der Waals surface area contributed by atoms with Crippen LogP contribution in [-0.2, 0) is 20.0 Å². The molecule has 0 radical (unpaired) electrons. The van der Waals surface area contributed by atoms with Crippen molar-refractivity contribution in [1.82, 2.24) is 24.6 Å². The van der Waals surface area contributed by atoms with Crippen LogP contribution in [0.25, 0.3) is 11.0 Å². The molecule has 1 aliphatic rings. The topological polar surface area (TPSA) is 64.7 Å². The van der Waals surface area contributed by atoms with E-state index in [1.807, 2.05) is 25.2 Å². The Labute approximate surface area is 127 Å². The van der Waals surface area contributed by atoms with E-state index in [1.165, 1.54) is 5.56 Å². The molecule has 0 saturated carbocycles. The number of aryl methyl sites for hydroxylation is 1. The highest BCUT2D eigenvalue weighted by Crippen LogP contribution is 2.20. The molecule has 1 aromatic carbocycles. The van der Waals surface area contributed by atoms with Crippen molar-refractivity contribution in [2.45, 2.75) is 19.0 Å². The number of benzene rings is 1. The minimum Gasteiger partial charge on any atom is -0.305 e. The largest absolute Gasteiger partial charge is 0.305 e. The summed E-state index contributed by atoms with van der Waals surface area (Å²) in [4.78, 5) is 17.3. The molecule has 0 spiro atoms. The van der Waals surface area contributed by atoms with Crippen molar-refractivity contribution in [2.75, 3.05) is 6.54 Å². The number of rotatable bonds is 2. The Morgan fingerprint density at radius 3 is 2.95 bits per heavy atom. The van der Waals surface area contributed by atoms with Crippen LogP contribution in [-0.4, -0.2) is 25.9 Å². The molecule has 6 heteroatoms. The zero-order valence-electron chi connectivity index (χ0n) is 12.4. The summed E-state index contributed by atoms with van der Waals surface area (Å²) in [6, 6.07) is 10.3. The minimum absolute atomic E-state index is 0.00709. The van der Waals surface area contributed by atoms with Crippen molar-refractivity contribution >= 4 is 11.0 Å². The van der Waals surface area contributed by atoms with Gasteiger partial charge in [0.25, 0.3) is 5.56 Å². The Morgan fingerprint density at radius 2 is 2.14 bits per heavy atom. The van der Waals surface area contributed by atoms with Crippen LogP contribution in [0.3, 0.4) is 0 Å². The van der Waals surface area contributed by atoms with Crippen LogP contribution >= 0.6 is 0 Å². The van der Waals surface area contributed by atoms with E-state index in [0.717, 1.165) is 18.8 Å². The highest BCUT2D eigenvalue weighted by atomic mass is 16.1. The standard InChI is InChI=1S/C16H17N5O/c1-20-14-12(10-18-20)16(22)21-8-7-17-13(15(21)19-14)9-11-5-3-2-4-6-11/h2-6,10,13,17H,7-9H2,1H3. The van der Waals surface area contributed by atoms with Crippen molar-refractivity contribution < 1.29 is 0 Å². The lowest BCUT2D eigenvalue weighted by Gasteiger charge is -2.27. The van der Waals surface area contributed by atoms with Gasteiger partial charge in [0.1, 0.15) is 11.2 Å². The second kappa shape index (κ2) is 5.06. The zero-order chi connectivity index (χ0) is 15.1. The van der Waals surface area contributed by atoms with Gasteiger partial charge in [0.15, 0.2) is 5.65 Å². The van der Waals surface area contributed by atoms with Gasteiger partial charge in [-0.1, -0.05) is 30.3 Å². The molecule has 0 amide bonds.